The highest BCUT2D eigenvalue weighted by molar-refractivity contribution is 5.85. The van der Waals surface area contributed by atoms with Gasteiger partial charge in [0, 0.05) is 37.5 Å². The van der Waals surface area contributed by atoms with Crippen molar-refractivity contribution >= 4 is 5.69 Å². The lowest BCUT2D eigenvalue weighted by Crippen LogP contribution is -2.30. The van der Waals surface area contributed by atoms with Crippen LogP contribution in [-0.2, 0) is 13.6 Å². The third kappa shape index (κ3) is 1.75. The molecular formula is C16H19N3O. The van der Waals surface area contributed by atoms with E-state index in [0.29, 0.717) is 5.92 Å². The number of nitrogens with zero attached hydrogens (tertiary/aromatic N) is 3. The normalized spacial score (nSPS) is 13.3. The van der Waals surface area contributed by atoms with Crippen LogP contribution in [0.2, 0.25) is 0 Å². The van der Waals surface area contributed by atoms with E-state index in [9.17, 15) is 4.79 Å². The smallest absolute Gasteiger partial charge is 0.274 e. The predicted octanol–water partition coefficient (Wildman–Crippen LogP) is 2.52. The third-order valence-electron chi connectivity index (χ3n) is 3.96. The quantitative estimate of drug-likeness (QED) is 0.798. The first kappa shape index (κ1) is 12.9. The second-order valence-electron chi connectivity index (χ2n) is 5.73. The van der Waals surface area contributed by atoms with Gasteiger partial charge in [0.2, 0.25) is 0 Å². The van der Waals surface area contributed by atoms with Gasteiger partial charge in [0.05, 0.1) is 11.8 Å². The van der Waals surface area contributed by atoms with Gasteiger partial charge in [0.1, 0.15) is 0 Å². The van der Waals surface area contributed by atoms with E-state index in [1.807, 2.05) is 12.1 Å². The molecule has 2 aromatic rings. The van der Waals surface area contributed by atoms with Crippen LogP contribution in [0.4, 0.5) is 5.69 Å². The molecule has 4 nitrogen and oxygen atoms in total. The van der Waals surface area contributed by atoms with E-state index in [0.717, 1.165) is 23.2 Å². The van der Waals surface area contributed by atoms with E-state index in [2.05, 4.69) is 37.0 Å². The Labute approximate surface area is 118 Å². The van der Waals surface area contributed by atoms with E-state index in [4.69, 9.17) is 0 Å². The lowest BCUT2D eigenvalue weighted by Gasteiger charge is -2.32. The number of hydrogen-bond acceptors (Lipinski definition) is 3. The number of benzene rings is 1. The molecule has 0 spiro atoms. The molecule has 1 aromatic heterocycles. The van der Waals surface area contributed by atoms with Gasteiger partial charge >= 0.3 is 0 Å². The molecule has 20 heavy (non-hydrogen) atoms. The summed E-state index contributed by atoms with van der Waals surface area (Å²) in [5, 5.41) is 4.13. The Hall–Kier alpha value is -2.10. The monoisotopic (exact) mass is 269 g/mol. The first-order chi connectivity index (χ1) is 9.50. The number of anilines is 1. The van der Waals surface area contributed by atoms with Crippen LogP contribution in [0.5, 0.6) is 0 Å². The van der Waals surface area contributed by atoms with Gasteiger partial charge < -0.3 is 4.90 Å². The third-order valence-corrected chi connectivity index (χ3v) is 3.96. The zero-order valence-corrected chi connectivity index (χ0v) is 12.3. The van der Waals surface area contributed by atoms with Gasteiger partial charge in [-0.3, -0.25) is 4.79 Å². The van der Waals surface area contributed by atoms with Gasteiger partial charge in [-0.1, -0.05) is 32.0 Å². The number of hydrogen-bond donors (Lipinski definition) is 0. The minimum absolute atomic E-state index is 0.0160. The lowest BCUT2D eigenvalue weighted by atomic mass is 9.89. The molecule has 0 radical (unpaired) electrons. The Kier molecular flexibility index (Phi) is 2.89. The summed E-state index contributed by atoms with van der Waals surface area (Å²) in [6, 6.07) is 6.23. The maximum Gasteiger partial charge on any atom is 0.274 e. The van der Waals surface area contributed by atoms with Gasteiger partial charge in [-0.25, -0.2) is 4.68 Å². The number of para-hydroxylation sites is 1. The van der Waals surface area contributed by atoms with Gasteiger partial charge in [-0.15, -0.1) is 0 Å². The van der Waals surface area contributed by atoms with Crippen LogP contribution in [0.1, 0.15) is 30.9 Å². The molecule has 0 amide bonds. The number of aromatic nitrogens is 2. The van der Waals surface area contributed by atoms with Gasteiger partial charge in [0.25, 0.3) is 5.56 Å². The molecule has 4 heteroatoms. The first-order valence-corrected chi connectivity index (χ1v) is 6.90. The van der Waals surface area contributed by atoms with Crippen LogP contribution in [0.25, 0.3) is 11.1 Å². The fraction of sp³-hybridized carbons (Fsp3) is 0.375. The molecule has 3 rings (SSSR count). The summed E-state index contributed by atoms with van der Waals surface area (Å²) < 4.78 is 1.41. The van der Waals surface area contributed by atoms with Crippen molar-refractivity contribution in [1.82, 2.24) is 9.78 Å². The van der Waals surface area contributed by atoms with Crippen molar-refractivity contribution < 1.29 is 0 Å². The fourth-order valence-corrected chi connectivity index (χ4v) is 2.97. The highest BCUT2D eigenvalue weighted by Gasteiger charge is 2.26. The first-order valence-electron chi connectivity index (χ1n) is 6.90. The average molecular weight is 269 g/mol. The van der Waals surface area contributed by atoms with Crippen LogP contribution in [0.15, 0.2) is 29.2 Å². The highest BCUT2D eigenvalue weighted by atomic mass is 16.1. The molecule has 2 heterocycles. The van der Waals surface area contributed by atoms with Crippen molar-refractivity contribution in [2.24, 2.45) is 7.05 Å². The molecule has 0 atom stereocenters. The SMILES string of the molecule is CC(C)c1cccc2c1N(C)Cc1cnn(C)c(=O)c1-2. The molecule has 0 saturated heterocycles. The Morgan fingerprint density at radius 3 is 2.70 bits per heavy atom. The molecule has 0 unspecified atom stereocenters. The molecular weight excluding hydrogens is 250 g/mol. The standard InChI is InChI=1S/C16H19N3O/c1-10(2)12-6-5-7-13-14-11(9-18(3)15(12)13)8-17-19(4)16(14)20/h5-8,10H,9H2,1-4H3. The molecule has 0 fully saturated rings. The summed E-state index contributed by atoms with van der Waals surface area (Å²) in [6.07, 6.45) is 1.80. The Bertz CT molecular complexity index is 731. The molecule has 0 N–H and O–H groups in total. The molecule has 1 aromatic carbocycles. The topological polar surface area (TPSA) is 38.1 Å². The Balaban J connectivity index is 2.38. The van der Waals surface area contributed by atoms with Crippen molar-refractivity contribution in [3.05, 3.63) is 45.9 Å². The summed E-state index contributed by atoms with van der Waals surface area (Å²) in [4.78, 5) is 14.7. The predicted molar refractivity (Wildman–Crippen MR) is 81.1 cm³/mol. The molecule has 0 bridgehead atoms. The molecule has 104 valence electrons. The average Bonchev–Trinajstić information content (AvgIpc) is 2.42. The minimum Gasteiger partial charge on any atom is -0.369 e. The largest absolute Gasteiger partial charge is 0.369 e. The van der Waals surface area contributed by atoms with E-state index >= 15 is 0 Å². The van der Waals surface area contributed by atoms with Gasteiger partial charge in [-0.2, -0.15) is 5.10 Å². The summed E-state index contributed by atoms with van der Waals surface area (Å²) in [7, 11) is 3.78. The highest BCUT2D eigenvalue weighted by Crippen LogP contribution is 2.40. The molecule has 1 aliphatic heterocycles. The Morgan fingerprint density at radius 1 is 1.25 bits per heavy atom. The van der Waals surface area contributed by atoms with Crippen molar-refractivity contribution in [2.75, 3.05) is 11.9 Å². The molecule has 0 saturated carbocycles. The van der Waals surface area contributed by atoms with Gasteiger partial charge in [0.15, 0.2) is 0 Å². The minimum atomic E-state index is -0.0160. The van der Waals surface area contributed by atoms with E-state index in [1.54, 1.807) is 13.2 Å². The molecule has 0 aliphatic carbocycles. The lowest BCUT2D eigenvalue weighted by molar-refractivity contribution is 0.695. The van der Waals surface area contributed by atoms with Crippen molar-refractivity contribution in [3.8, 4) is 11.1 Å². The zero-order chi connectivity index (χ0) is 14.4. The Morgan fingerprint density at radius 2 is 2.00 bits per heavy atom. The second-order valence-corrected chi connectivity index (χ2v) is 5.73. The fourth-order valence-electron chi connectivity index (χ4n) is 2.97. The maximum atomic E-state index is 12.4. The summed E-state index contributed by atoms with van der Waals surface area (Å²) in [6.45, 7) is 5.10. The van der Waals surface area contributed by atoms with Crippen molar-refractivity contribution in [2.45, 2.75) is 26.3 Å². The van der Waals surface area contributed by atoms with Gasteiger partial charge in [-0.05, 0) is 11.5 Å². The summed E-state index contributed by atoms with van der Waals surface area (Å²) >= 11 is 0. The zero-order valence-electron chi connectivity index (χ0n) is 12.3. The van der Waals surface area contributed by atoms with E-state index in [-0.39, 0.29) is 5.56 Å². The van der Waals surface area contributed by atoms with Crippen LogP contribution in [0.3, 0.4) is 0 Å². The van der Waals surface area contributed by atoms with Crippen LogP contribution in [-0.4, -0.2) is 16.8 Å². The molecule has 1 aliphatic rings. The maximum absolute atomic E-state index is 12.4. The second kappa shape index (κ2) is 4.47. The summed E-state index contributed by atoms with van der Waals surface area (Å²) in [5.74, 6) is 0.430. The van der Waals surface area contributed by atoms with E-state index < -0.39 is 0 Å². The number of rotatable bonds is 1. The van der Waals surface area contributed by atoms with Crippen LogP contribution < -0.4 is 10.5 Å². The number of aryl methyl sites for hydroxylation is 1. The summed E-state index contributed by atoms with van der Waals surface area (Å²) in [5.41, 5.74) is 5.29. The van der Waals surface area contributed by atoms with Crippen molar-refractivity contribution in [1.29, 1.82) is 0 Å². The van der Waals surface area contributed by atoms with Crippen molar-refractivity contribution in [3.63, 3.8) is 0 Å². The number of fused-ring (bicyclic) bond motifs is 3. The van der Waals surface area contributed by atoms with Crippen LogP contribution >= 0.6 is 0 Å². The van der Waals surface area contributed by atoms with Crippen LogP contribution in [0, 0.1) is 0 Å². The van der Waals surface area contributed by atoms with E-state index in [1.165, 1.54) is 15.9 Å².